The van der Waals surface area contributed by atoms with E-state index in [4.69, 9.17) is 9.47 Å². The minimum absolute atomic E-state index is 0.0257. The van der Waals surface area contributed by atoms with E-state index in [1.54, 1.807) is 36.5 Å². The van der Waals surface area contributed by atoms with Crippen LogP contribution < -0.4 is 15.5 Å². The minimum Gasteiger partial charge on any atom is -0.481 e. The number of nitrogens with one attached hydrogen (secondary N) is 2. The zero-order valence-corrected chi connectivity index (χ0v) is 23.5. The number of carboxylic acid groups (broad SMARTS) is 1. The van der Waals surface area contributed by atoms with Crippen molar-refractivity contribution < 1.29 is 33.8 Å². The van der Waals surface area contributed by atoms with Crippen molar-refractivity contribution in [3.63, 3.8) is 0 Å². The van der Waals surface area contributed by atoms with E-state index in [1.807, 2.05) is 4.90 Å². The lowest BCUT2D eigenvalue weighted by Crippen LogP contribution is -2.41. The number of hydrogen-bond acceptors (Lipinski definition) is 8. The van der Waals surface area contributed by atoms with Crippen molar-refractivity contribution in [3.8, 4) is 0 Å². The van der Waals surface area contributed by atoms with E-state index >= 15 is 0 Å². The molecule has 4 heterocycles. The van der Waals surface area contributed by atoms with E-state index in [0.29, 0.717) is 57.1 Å². The smallest absolute Gasteiger partial charge is 0.305 e. The Balaban J connectivity index is 1.36. The van der Waals surface area contributed by atoms with Crippen LogP contribution in [0.4, 0.5) is 11.4 Å². The second kappa shape index (κ2) is 13.8. The van der Waals surface area contributed by atoms with Gasteiger partial charge in [-0.2, -0.15) is 0 Å². The Morgan fingerprint density at radius 2 is 1.76 bits per heavy atom. The fourth-order valence-corrected chi connectivity index (χ4v) is 5.66. The molecule has 0 spiro atoms. The number of aliphatic carboxylic acids is 1. The summed E-state index contributed by atoms with van der Waals surface area (Å²) < 4.78 is 11.2. The number of pyridine rings is 1. The predicted molar refractivity (Wildman–Crippen MR) is 153 cm³/mol. The monoisotopic (exact) mass is 579 g/mol. The second-order valence-corrected chi connectivity index (χ2v) is 10.8. The lowest BCUT2D eigenvalue weighted by atomic mass is 10.0. The number of hydrogen-bond donors (Lipinski definition) is 3. The van der Waals surface area contributed by atoms with Gasteiger partial charge >= 0.3 is 5.97 Å². The highest BCUT2D eigenvalue weighted by atomic mass is 16.5. The van der Waals surface area contributed by atoms with Crippen LogP contribution in [-0.4, -0.2) is 90.3 Å². The topological polar surface area (TPSA) is 150 Å². The van der Waals surface area contributed by atoms with Crippen LogP contribution >= 0.6 is 0 Å². The normalized spacial score (nSPS) is 21.4. The molecule has 12 nitrogen and oxygen atoms in total. The molecule has 2 aromatic rings. The molecule has 3 atom stereocenters. The average molecular weight is 580 g/mol. The van der Waals surface area contributed by atoms with Crippen LogP contribution in [0.5, 0.6) is 0 Å². The number of carboxylic acids is 1. The third kappa shape index (κ3) is 7.24. The molecule has 3 aliphatic rings. The summed E-state index contributed by atoms with van der Waals surface area (Å²) in [6, 6.07) is 7.66. The van der Waals surface area contributed by atoms with Crippen LogP contribution in [0.25, 0.3) is 0 Å². The van der Waals surface area contributed by atoms with Gasteiger partial charge in [0, 0.05) is 57.3 Å². The lowest BCUT2D eigenvalue weighted by Gasteiger charge is -2.27. The van der Waals surface area contributed by atoms with Gasteiger partial charge in [0.25, 0.3) is 17.7 Å². The second-order valence-electron chi connectivity index (χ2n) is 10.8. The molecular weight excluding hydrogens is 542 g/mol. The van der Waals surface area contributed by atoms with E-state index in [1.165, 1.54) is 6.20 Å². The Kier molecular flexibility index (Phi) is 9.65. The Morgan fingerprint density at radius 3 is 2.45 bits per heavy atom. The molecule has 0 aliphatic carbocycles. The number of benzene rings is 1. The molecule has 0 bridgehead atoms. The summed E-state index contributed by atoms with van der Waals surface area (Å²) in [5.74, 6) is -1.79. The highest BCUT2D eigenvalue weighted by Crippen LogP contribution is 2.30. The van der Waals surface area contributed by atoms with E-state index in [-0.39, 0.29) is 29.9 Å². The largest absolute Gasteiger partial charge is 0.481 e. The first-order valence-electron chi connectivity index (χ1n) is 14.5. The molecule has 3 aliphatic heterocycles. The maximum absolute atomic E-state index is 13.4. The fraction of sp³-hybridized carbons (Fsp3) is 0.500. The number of anilines is 2. The summed E-state index contributed by atoms with van der Waals surface area (Å²) in [4.78, 5) is 58.9. The van der Waals surface area contributed by atoms with Crippen LogP contribution in [0, 0.1) is 0 Å². The molecule has 224 valence electrons. The number of carbonyl (C=O) groups excluding carboxylic acids is 3. The van der Waals surface area contributed by atoms with Gasteiger partial charge in [-0.1, -0.05) is 6.07 Å². The number of rotatable bonds is 9. The van der Waals surface area contributed by atoms with Crippen LogP contribution in [0.2, 0.25) is 0 Å². The van der Waals surface area contributed by atoms with Crippen molar-refractivity contribution in [2.24, 2.45) is 0 Å². The van der Waals surface area contributed by atoms with Gasteiger partial charge in [0.15, 0.2) is 0 Å². The van der Waals surface area contributed by atoms with Crippen molar-refractivity contribution >= 4 is 35.1 Å². The SMILES string of the molecule is O=C(O)CC(NC(=O)c1ccc(N2CCCN(C(=O)C3CCCO3)CC2)c(NC(=O)C2CCCO2)c1)c1cccnc1. The van der Waals surface area contributed by atoms with Gasteiger partial charge in [-0.25, -0.2) is 0 Å². The van der Waals surface area contributed by atoms with Gasteiger partial charge in [0.05, 0.1) is 23.8 Å². The number of amides is 3. The van der Waals surface area contributed by atoms with Crippen molar-refractivity contribution in [2.75, 3.05) is 49.6 Å². The third-order valence-electron chi connectivity index (χ3n) is 7.86. The van der Waals surface area contributed by atoms with Crippen molar-refractivity contribution in [1.82, 2.24) is 15.2 Å². The number of carbonyl (C=O) groups is 4. The van der Waals surface area contributed by atoms with Crippen molar-refractivity contribution in [2.45, 2.75) is 56.8 Å². The van der Waals surface area contributed by atoms with Gasteiger partial charge in [-0.3, -0.25) is 24.2 Å². The molecule has 1 aromatic heterocycles. The fourth-order valence-electron chi connectivity index (χ4n) is 5.66. The summed E-state index contributed by atoms with van der Waals surface area (Å²) in [6.07, 6.45) is 5.65. The Labute approximate surface area is 244 Å². The molecule has 12 heteroatoms. The molecule has 42 heavy (non-hydrogen) atoms. The van der Waals surface area contributed by atoms with Crippen LogP contribution in [0.3, 0.4) is 0 Å². The Bertz CT molecular complexity index is 1280. The van der Waals surface area contributed by atoms with Crippen LogP contribution in [0.15, 0.2) is 42.7 Å². The molecular formula is C30H37N5O7. The van der Waals surface area contributed by atoms with Gasteiger partial charge < -0.3 is 35.0 Å². The van der Waals surface area contributed by atoms with Gasteiger partial charge in [-0.15, -0.1) is 0 Å². The third-order valence-corrected chi connectivity index (χ3v) is 7.86. The lowest BCUT2D eigenvalue weighted by molar-refractivity contribution is -0.140. The predicted octanol–water partition coefficient (Wildman–Crippen LogP) is 2.36. The summed E-state index contributed by atoms with van der Waals surface area (Å²) in [7, 11) is 0. The van der Waals surface area contributed by atoms with Gasteiger partial charge in [0.1, 0.15) is 12.2 Å². The average Bonchev–Trinajstić information content (AvgIpc) is 3.68. The zero-order valence-electron chi connectivity index (χ0n) is 23.5. The molecule has 3 saturated heterocycles. The number of aromatic nitrogens is 1. The summed E-state index contributed by atoms with van der Waals surface area (Å²) in [5, 5.41) is 15.2. The molecule has 3 amide bonds. The van der Waals surface area contributed by atoms with E-state index in [9.17, 15) is 24.3 Å². The van der Waals surface area contributed by atoms with Crippen molar-refractivity contribution in [1.29, 1.82) is 0 Å². The standard InChI is InChI=1S/C30H37N5O7/c36-27(37)18-22(21-5-1-10-31-19-21)32-28(38)20-8-9-24(23(17-20)33-29(39)25-6-2-15-41-25)34-11-4-12-35(14-13-34)30(40)26-7-3-16-42-26/h1,5,8-10,17,19,22,25-26H,2-4,6-7,11-16,18H2,(H,32,38)(H,33,39)(H,36,37). The molecule has 1 aromatic carbocycles. The number of nitrogens with zero attached hydrogens (tertiary/aromatic N) is 3. The first kappa shape index (κ1) is 29.5. The first-order chi connectivity index (χ1) is 20.4. The Morgan fingerprint density at radius 1 is 0.976 bits per heavy atom. The molecule has 3 unspecified atom stereocenters. The molecule has 3 N–H and O–H groups in total. The number of ether oxygens (including phenoxy) is 2. The maximum atomic E-state index is 13.4. The summed E-state index contributed by atoms with van der Waals surface area (Å²) >= 11 is 0. The zero-order chi connectivity index (χ0) is 29.5. The Hall–Kier alpha value is -4.03. The van der Waals surface area contributed by atoms with Crippen molar-refractivity contribution in [3.05, 3.63) is 53.9 Å². The maximum Gasteiger partial charge on any atom is 0.305 e. The van der Waals surface area contributed by atoms with Crippen LogP contribution in [0.1, 0.15) is 60.5 Å². The molecule has 5 rings (SSSR count). The molecule has 3 fully saturated rings. The highest BCUT2D eigenvalue weighted by Gasteiger charge is 2.31. The van der Waals surface area contributed by atoms with Gasteiger partial charge in [-0.05, 0) is 61.9 Å². The van der Waals surface area contributed by atoms with Crippen LogP contribution in [-0.2, 0) is 23.9 Å². The minimum atomic E-state index is -1.06. The quantitative estimate of drug-likeness (QED) is 0.407. The van der Waals surface area contributed by atoms with Gasteiger partial charge in [0.2, 0.25) is 0 Å². The van der Waals surface area contributed by atoms with E-state index in [2.05, 4.69) is 20.5 Å². The molecule has 0 saturated carbocycles. The first-order valence-corrected chi connectivity index (χ1v) is 14.5. The van der Waals surface area contributed by atoms with E-state index in [0.717, 1.165) is 31.4 Å². The summed E-state index contributed by atoms with van der Waals surface area (Å²) in [5.41, 5.74) is 2.03. The summed E-state index contributed by atoms with van der Waals surface area (Å²) in [6.45, 7) is 3.48. The van der Waals surface area contributed by atoms with E-state index < -0.39 is 24.0 Å². The molecule has 0 radical (unpaired) electrons. The highest BCUT2D eigenvalue weighted by molar-refractivity contribution is 6.01.